The van der Waals surface area contributed by atoms with E-state index in [0.717, 1.165) is 0 Å². The number of halogens is 2. The van der Waals surface area contributed by atoms with Crippen molar-refractivity contribution in [3.8, 4) is 11.4 Å². The van der Waals surface area contributed by atoms with Crippen LogP contribution in [0, 0.1) is 0 Å². The fourth-order valence-electron chi connectivity index (χ4n) is 3.49. The van der Waals surface area contributed by atoms with Gasteiger partial charge in [-0.05, 0) is 0 Å². The first-order chi connectivity index (χ1) is 14.9. The number of nitrogens with zero attached hydrogens (tertiary/aromatic N) is 8. The monoisotopic (exact) mass is 435 g/mol. The van der Waals surface area contributed by atoms with Gasteiger partial charge in [0.15, 0.2) is 5.82 Å². The molecular formula is C18H23F2N9O2. The summed E-state index contributed by atoms with van der Waals surface area (Å²) >= 11 is 0. The number of aromatic nitrogens is 5. The van der Waals surface area contributed by atoms with Gasteiger partial charge in [-0.15, -0.1) is 0 Å². The second kappa shape index (κ2) is 8.88. The van der Waals surface area contributed by atoms with Crippen molar-refractivity contribution in [3.05, 3.63) is 11.9 Å². The number of carbonyl (C=O) groups is 1. The van der Waals surface area contributed by atoms with Gasteiger partial charge in [-0.25, -0.2) is 18.7 Å². The Balaban J connectivity index is 1.73. The number of amides is 1. The van der Waals surface area contributed by atoms with Crippen molar-refractivity contribution in [1.29, 1.82) is 0 Å². The molecule has 31 heavy (non-hydrogen) atoms. The lowest BCUT2D eigenvalue weighted by Gasteiger charge is -2.35. The summed E-state index contributed by atoms with van der Waals surface area (Å²) in [7, 11) is 0. The number of morpholine rings is 1. The summed E-state index contributed by atoms with van der Waals surface area (Å²) in [5, 5.41) is 0. The summed E-state index contributed by atoms with van der Waals surface area (Å²) in [5.74, 6) is 0.532. The maximum absolute atomic E-state index is 13.6. The number of nitrogen functional groups attached to an aromatic ring is 1. The van der Waals surface area contributed by atoms with Crippen molar-refractivity contribution in [2.75, 3.05) is 68.0 Å². The van der Waals surface area contributed by atoms with E-state index in [9.17, 15) is 13.6 Å². The number of anilines is 3. The molecule has 0 atom stereocenters. The van der Waals surface area contributed by atoms with Gasteiger partial charge in [-0.2, -0.15) is 15.0 Å². The molecule has 0 bridgehead atoms. The van der Waals surface area contributed by atoms with Gasteiger partial charge >= 0.3 is 0 Å². The Morgan fingerprint density at radius 2 is 1.61 bits per heavy atom. The largest absolute Gasteiger partial charge is 0.378 e. The van der Waals surface area contributed by atoms with Crippen molar-refractivity contribution < 1.29 is 18.3 Å². The van der Waals surface area contributed by atoms with Crippen LogP contribution < -0.4 is 15.5 Å². The molecule has 2 aromatic heterocycles. The van der Waals surface area contributed by atoms with Crippen LogP contribution in [0.1, 0.15) is 19.0 Å². The van der Waals surface area contributed by atoms with E-state index in [0.29, 0.717) is 64.4 Å². The summed E-state index contributed by atoms with van der Waals surface area (Å²) in [6.45, 7) is 5.79. The molecule has 2 fully saturated rings. The maximum Gasteiger partial charge on any atom is 0.281 e. The lowest BCUT2D eigenvalue weighted by molar-refractivity contribution is -0.129. The lowest BCUT2D eigenvalue weighted by atomic mass is 10.2. The molecule has 4 heterocycles. The van der Waals surface area contributed by atoms with Crippen LogP contribution in [0.3, 0.4) is 0 Å². The standard InChI is InChI=1S/C18H23F2N9O2/c1-11(30)27-2-4-28(5-3-27)17-24-15(12-10-22-16(21)23-13(12)14(19)20)25-18(26-17)29-6-8-31-9-7-29/h10,14H,2-9H2,1H3,(H2,21,22,23). The van der Waals surface area contributed by atoms with Gasteiger partial charge in [0.05, 0.1) is 18.8 Å². The summed E-state index contributed by atoms with van der Waals surface area (Å²) in [6.07, 6.45) is -1.66. The van der Waals surface area contributed by atoms with Crippen molar-refractivity contribution in [2.24, 2.45) is 0 Å². The van der Waals surface area contributed by atoms with Crippen molar-refractivity contribution in [2.45, 2.75) is 13.3 Å². The van der Waals surface area contributed by atoms with E-state index in [-0.39, 0.29) is 23.2 Å². The van der Waals surface area contributed by atoms with E-state index in [1.807, 2.05) is 9.80 Å². The highest BCUT2D eigenvalue weighted by Gasteiger charge is 2.26. The predicted molar refractivity (Wildman–Crippen MR) is 108 cm³/mol. The number of ether oxygens (including phenoxy) is 1. The Labute approximate surface area is 177 Å². The lowest BCUT2D eigenvalue weighted by Crippen LogP contribution is -2.48. The molecule has 0 aliphatic carbocycles. The fourth-order valence-corrected chi connectivity index (χ4v) is 3.49. The summed E-state index contributed by atoms with van der Waals surface area (Å²) in [4.78, 5) is 38.2. The van der Waals surface area contributed by atoms with Crippen molar-refractivity contribution in [1.82, 2.24) is 29.8 Å². The van der Waals surface area contributed by atoms with Gasteiger partial charge in [0.2, 0.25) is 23.8 Å². The topological polar surface area (TPSA) is 126 Å². The van der Waals surface area contributed by atoms with Gasteiger partial charge in [0, 0.05) is 52.4 Å². The highest BCUT2D eigenvalue weighted by Crippen LogP contribution is 2.29. The number of piperazine rings is 1. The van der Waals surface area contributed by atoms with E-state index in [1.54, 1.807) is 4.90 Å². The summed E-state index contributed by atoms with van der Waals surface area (Å²) < 4.78 is 32.6. The van der Waals surface area contributed by atoms with Gasteiger partial charge in [0.1, 0.15) is 5.69 Å². The van der Waals surface area contributed by atoms with Crippen LogP contribution >= 0.6 is 0 Å². The van der Waals surface area contributed by atoms with Gasteiger partial charge in [0.25, 0.3) is 6.43 Å². The molecule has 2 aliphatic rings. The van der Waals surface area contributed by atoms with Gasteiger partial charge in [-0.1, -0.05) is 0 Å². The number of rotatable bonds is 4. The van der Waals surface area contributed by atoms with Gasteiger partial charge < -0.3 is 25.2 Å². The van der Waals surface area contributed by atoms with Crippen LogP contribution in [0.15, 0.2) is 6.20 Å². The molecule has 0 saturated carbocycles. The third kappa shape index (κ3) is 4.60. The van der Waals surface area contributed by atoms with Crippen molar-refractivity contribution >= 4 is 23.8 Å². The molecule has 2 aliphatic heterocycles. The third-order valence-electron chi connectivity index (χ3n) is 5.20. The average Bonchev–Trinajstić information content (AvgIpc) is 2.79. The molecule has 2 N–H and O–H groups in total. The first-order valence-electron chi connectivity index (χ1n) is 9.92. The van der Waals surface area contributed by atoms with E-state index in [1.165, 1.54) is 13.1 Å². The Kier molecular flexibility index (Phi) is 6.02. The molecule has 11 nitrogen and oxygen atoms in total. The Morgan fingerprint density at radius 1 is 1.00 bits per heavy atom. The Bertz CT molecular complexity index is 948. The quantitative estimate of drug-likeness (QED) is 0.719. The second-order valence-electron chi connectivity index (χ2n) is 7.18. The summed E-state index contributed by atoms with van der Waals surface area (Å²) in [5.41, 5.74) is 4.98. The third-order valence-corrected chi connectivity index (χ3v) is 5.20. The van der Waals surface area contributed by atoms with Crippen LogP contribution in [-0.2, 0) is 9.53 Å². The Morgan fingerprint density at radius 3 is 2.19 bits per heavy atom. The first kappa shape index (κ1) is 21.0. The SMILES string of the molecule is CC(=O)N1CCN(c2nc(-c3cnc(N)nc3C(F)F)nc(N3CCOCC3)n2)CC1. The van der Waals surface area contributed by atoms with Crippen LogP contribution in [-0.4, -0.2) is 88.2 Å². The fraction of sp³-hybridized carbons (Fsp3) is 0.556. The zero-order chi connectivity index (χ0) is 22.0. The molecule has 0 radical (unpaired) electrons. The average molecular weight is 435 g/mol. The molecule has 2 saturated heterocycles. The molecule has 4 rings (SSSR count). The molecule has 13 heteroatoms. The van der Waals surface area contributed by atoms with E-state index >= 15 is 0 Å². The van der Waals surface area contributed by atoms with Crippen LogP contribution in [0.2, 0.25) is 0 Å². The Hall–Kier alpha value is -3.22. The highest BCUT2D eigenvalue weighted by atomic mass is 19.3. The van der Waals surface area contributed by atoms with E-state index < -0.39 is 12.1 Å². The van der Waals surface area contributed by atoms with Crippen LogP contribution in [0.5, 0.6) is 0 Å². The van der Waals surface area contributed by atoms with E-state index in [4.69, 9.17) is 10.5 Å². The van der Waals surface area contributed by atoms with Gasteiger partial charge in [-0.3, -0.25) is 4.79 Å². The minimum atomic E-state index is -2.87. The minimum Gasteiger partial charge on any atom is -0.378 e. The number of hydrogen-bond donors (Lipinski definition) is 1. The number of alkyl halides is 2. The summed E-state index contributed by atoms with van der Waals surface area (Å²) in [6, 6.07) is 0. The normalized spacial score (nSPS) is 17.4. The van der Waals surface area contributed by atoms with E-state index in [2.05, 4.69) is 24.9 Å². The molecule has 2 aromatic rings. The minimum absolute atomic E-state index is 0.00438. The molecule has 0 spiro atoms. The van der Waals surface area contributed by atoms with Crippen LogP contribution in [0.25, 0.3) is 11.4 Å². The predicted octanol–water partition coefficient (Wildman–Crippen LogP) is 0.354. The zero-order valence-corrected chi connectivity index (χ0v) is 17.0. The second-order valence-corrected chi connectivity index (χ2v) is 7.18. The number of carbonyl (C=O) groups excluding carboxylic acids is 1. The van der Waals surface area contributed by atoms with Crippen LogP contribution in [0.4, 0.5) is 26.6 Å². The molecule has 0 unspecified atom stereocenters. The number of nitrogens with two attached hydrogens (primary N) is 1. The zero-order valence-electron chi connectivity index (χ0n) is 17.0. The molecular weight excluding hydrogens is 412 g/mol. The first-order valence-corrected chi connectivity index (χ1v) is 9.92. The molecule has 166 valence electrons. The smallest absolute Gasteiger partial charge is 0.281 e. The molecule has 0 aromatic carbocycles. The maximum atomic E-state index is 13.6. The molecule has 1 amide bonds. The highest BCUT2D eigenvalue weighted by molar-refractivity contribution is 5.73. The number of hydrogen-bond acceptors (Lipinski definition) is 10. The van der Waals surface area contributed by atoms with Crippen molar-refractivity contribution in [3.63, 3.8) is 0 Å².